The van der Waals surface area contributed by atoms with Crippen LogP contribution < -0.4 is 10.2 Å². The van der Waals surface area contributed by atoms with Crippen molar-refractivity contribution in [3.05, 3.63) is 65.7 Å². The molecule has 0 spiro atoms. The van der Waals surface area contributed by atoms with Crippen molar-refractivity contribution in [3.63, 3.8) is 0 Å². The number of nitrogens with one attached hydrogen (secondary N) is 1. The summed E-state index contributed by atoms with van der Waals surface area (Å²) in [6.07, 6.45) is 2.18. The average molecular weight is 423 g/mol. The predicted molar refractivity (Wildman–Crippen MR) is 115 cm³/mol. The number of ketones is 1. The summed E-state index contributed by atoms with van der Waals surface area (Å²) in [4.78, 5) is 38.8. The van der Waals surface area contributed by atoms with Crippen LogP contribution in [-0.2, 0) is 4.79 Å². The van der Waals surface area contributed by atoms with Gasteiger partial charge in [0.15, 0.2) is 0 Å². The van der Waals surface area contributed by atoms with Crippen molar-refractivity contribution < 1.29 is 14.4 Å². The lowest BCUT2D eigenvalue weighted by atomic mass is 9.98. The molecule has 2 amide bonds. The van der Waals surface area contributed by atoms with Crippen LogP contribution in [0.15, 0.2) is 54.6 Å². The van der Waals surface area contributed by atoms with Crippen LogP contribution in [0.25, 0.3) is 0 Å². The number of rotatable bonds is 5. The topological polar surface area (TPSA) is 66.5 Å². The highest BCUT2D eigenvalue weighted by Crippen LogP contribution is 2.68. The maximum Gasteiger partial charge on any atom is 0.299 e. The Labute approximate surface area is 180 Å². The Morgan fingerprint density at radius 2 is 1.87 bits per heavy atom. The minimum Gasteiger partial charge on any atom is -0.349 e. The molecule has 5 nitrogen and oxygen atoms in total. The van der Waals surface area contributed by atoms with E-state index in [0.29, 0.717) is 23.2 Å². The number of anilines is 1. The number of hydrogen-bond donors (Lipinski definition) is 1. The molecule has 154 valence electrons. The Hall–Kier alpha value is -2.66. The number of benzene rings is 2. The molecule has 2 aromatic carbocycles. The van der Waals surface area contributed by atoms with E-state index in [1.165, 1.54) is 0 Å². The molecule has 1 heterocycles. The summed E-state index contributed by atoms with van der Waals surface area (Å²) in [6.45, 7) is 2.06. The highest BCUT2D eigenvalue weighted by atomic mass is 35.5. The van der Waals surface area contributed by atoms with Crippen molar-refractivity contribution in [2.75, 3.05) is 4.90 Å². The highest BCUT2D eigenvalue weighted by Gasteiger charge is 2.71. The third-order valence-corrected chi connectivity index (χ3v) is 7.67. The van der Waals surface area contributed by atoms with Crippen LogP contribution in [0.1, 0.15) is 46.9 Å². The first-order valence-electron chi connectivity index (χ1n) is 10.5. The summed E-state index contributed by atoms with van der Waals surface area (Å²) in [5, 5.41) is 3.16. The first kappa shape index (κ1) is 19.3. The minimum absolute atomic E-state index is 0.00986. The van der Waals surface area contributed by atoms with Gasteiger partial charge in [0.2, 0.25) is 0 Å². The molecule has 3 aliphatic rings. The molecular formula is C24H23ClN2O3. The maximum atomic E-state index is 12.6. The van der Waals surface area contributed by atoms with Crippen molar-refractivity contribution in [2.24, 2.45) is 11.8 Å². The molecule has 5 atom stereocenters. The molecule has 0 aromatic heterocycles. The van der Waals surface area contributed by atoms with E-state index in [1.807, 2.05) is 30.3 Å². The number of para-hydroxylation sites is 1. The molecule has 2 aromatic rings. The first-order valence-corrected chi connectivity index (χ1v) is 10.8. The summed E-state index contributed by atoms with van der Waals surface area (Å²) < 4.78 is 0. The summed E-state index contributed by atoms with van der Waals surface area (Å²) in [7, 11) is 0. The van der Waals surface area contributed by atoms with Gasteiger partial charge in [0, 0.05) is 23.6 Å². The summed E-state index contributed by atoms with van der Waals surface area (Å²) in [5.74, 6) is -0.576. The number of carbonyl (C=O) groups excluding carboxylic acids is 3. The Morgan fingerprint density at radius 1 is 1.17 bits per heavy atom. The van der Waals surface area contributed by atoms with Crippen LogP contribution in [0.2, 0.25) is 0 Å². The second-order valence-corrected chi connectivity index (χ2v) is 9.23. The first-order chi connectivity index (χ1) is 14.5. The lowest BCUT2D eigenvalue weighted by molar-refractivity contribution is -0.114. The van der Waals surface area contributed by atoms with E-state index in [1.54, 1.807) is 29.2 Å². The van der Waals surface area contributed by atoms with Gasteiger partial charge in [-0.25, -0.2) is 0 Å². The Bertz CT molecular complexity index is 1040. The molecule has 0 bridgehead atoms. The monoisotopic (exact) mass is 422 g/mol. The molecule has 6 heteroatoms. The molecule has 5 rings (SSSR count). The van der Waals surface area contributed by atoms with Crippen LogP contribution in [0, 0.1) is 11.8 Å². The third-order valence-electron chi connectivity index (χ3n) is 6.98. The second kappa shape index (κ2) is 6.95. The molecule has 1 N–H and O–H groups in total. The van der Waals surface area contributed by atoms with Gasteiger partial charge in [0.05, 0.1) is 16.1 Å². The van der Waals surface area contributed by atoms with Crippen LogP contribution in [0.5, 0.6) is 0 Å². The SMILES string of the molecule is CCC(NC(=O)c1ccccc1)C1C2CC(N3C(=O)C(=O)c4ccccc43)CC21Cl. The largest absolute Gasteiger partial charge is 0.349 e. The third kappa shape index (κ3) is 2.79. The number of alkyl halides is 1. The number of amides is 2. The van der Waals surface area contributed by atoms with Gasteiger partial charge in [0.25, 0.3) is 17.6 Å². The predicted octanol–water partition coefficient (Wildman–Crippen LogP) is 3.81. The van der Waals surface area contributed by atoms with Crippen LogP contribution in [-0.4, -0.2) is 34.6 Å². The van der Waals surface area contributed by atoms with Gasteiger partial charge in [-0.3, -0.25) is 14.4 Å². The van der Waals surface area contributed by atoms with Crippen molar-refractivity contribution in [1.82, 2.24) is 5.32 Å². The summed E-state index contributed by atoms with van der Waals surface area (Å²) in [5.41, 5.74) is 1.81. The normalized spacial score (nSPS) is 30.1. The van der Waals surface area contributed by atoms with Gasteiger partial charge in [0.1, 0.15) is 0 Å². The molecule has 2 saturated carbocycles. The summed E-state index contributed by atoms with van der Waals surface area (Å²) in [6, 6.07) is 16.3. The maximum absolute atomic E-state index is 12.6. The Kier molecular flexibility index (Phi) is 4.47. The van der Waals surface area contributed by atoms with E-state index >= 15 is 0 Å². The lowest BCUT2D eigenvalue weighted by Gasteiger charge is -2.29. The zero-order valence-electron chi connectivity index (χ0n) is 16.7. The quantitative estimate of drug-likeness (QED) is 0.588. The van der Waals surface area contributed by atoms with E-state index in [2.05, 4.69) is 12.2 Å². The fourth-order valence-electron chi connectivity index (χ4n) is 5.55. The molecule has 1 aliphatic heterocycles. The number of fused-ring (bicyclic) bond motifs is 2. The minimum atomic E-state index is -0.455. The average Bonchev–Trinajstić information content (AvgIpc) is 3.02. The van der Waals surface area contributed by atoms with Gasteiger partial charge in [-0.2, -0.15) is 0 Å². The molecule has 30 heavy (non-hydrogen) atoms. The zero-order chi connectivity index (χ0) is 21.0. The van der Waals surface area contributed by atoms with E-state index < -0.39 is 16.6 Å². The number of carbonyl (C=O) groups is 3. The summed E-state index contributed by atoms with van der Waals surface area (Å²) >= 11 is 7.02. The lowest BCUT2D eigenvalue weighted by Crippen LogP contribution is -2.43. The number of hydrogen-bond acceptors (Lipinski definition) is 3. The zero-order valence-corrected chi connectivity index (χ0v) is 17.4. The van der Waals surface area contributed by atoms with Crippen LogP contribution in [0.3, 0.4) is 0 Å². The Morgan fingerprint density at radius 3 is 2.53 bits per heavy atom. The fourth-order valence-corrected chi connectivity index (χ4v) is 6.20. The number of halogens is 1. The molecular weight excluding hydrogens is 400 g/mol. The van der Waals surface area contributed by atoms with E-state index in [9.17, 15) is 14.4 Å². The molecule has 0 radical (unpaired) electrons. The van der Waals surface area contributed by atoms with Gasteiger partial charge < -0.3 is 10.2 Å². The van der Waals surface area contributed by atoms with Crippen LogP contribution in [0.4, 0.5) is 5.69 Å². The van der Waals surface area contributed by atoms with E-state index in [0.717, 1.165) is 12.8 Å². The van der Waals surface area contributed by atoms with Gasteiger partial charge in [-0.15, -0.1) is 11.6 Å². The Balaban J connectivity index is 1.30. The smallest absolute Gasteiger partial charge is 0.299 e. The molecule has 2 aliphatic carbocycles. The van der Waals surface area contributed by atoms with Crippen molar-refractivity contribution in [2.45, 2.75) is 43.1 Å². The highest BCUT2D eigenvalue weighted by molar-refractivity contribution is 6.52. The van der Waals surface area contributed by atoms with Crippen molar-refractivity contribution in [1.29, 1.82) is 0 Å². The number of Topliss-reactive ketones (excluding diaryl/α,β-unsaturated/α-hetero) is 1. The fraction of sp³-hybridized carbons (Fsp3) is 0.375. The van der Waals surface area contributed by atoms with Gasteiger partial charge in [-0.05, 0) is 49.4 Å². The standard InChI is InChI=1S/C24H23ClN2O3/c1-2-18(26-22(29)14-8-4-3-5-9-14)20-17-12-15(13-24(17,20)25)27-19-11-7-6-10-16(19)21(28)23(27)30/h3-11,15,17-18,20H,2,12-13H2,1H3,(H,26,29). The van der Waals surface area contributed by atoms with E-state index in [4.69, 9.17) is 11.6 Å². The van der Waals surface area contributed by atoms with Crippen LogP contribution >= 0.6 is 11.6 Å². The molecule has 0 saturated heterocycles. The molecule has 5 unspecified atom stereocenters. The number of nitrogens with zero attached hydrogens (tertiary/aromatic N) is 1. The van der Waals surface area contributed by atoms with Gasteiger partial charge in [-0.1, -0.05) is 37.3 Å². The second-order valence-electron chi connectivity index (χ2n) is 8.53. The van der Waals surface area contributed by atoms with Crippen molar-refractivity contribution in [3.8, 4) is 0 Å². The van der Waals surface area contributed by atoms with E-state index in [-0.39, 0.29) is 29.8 Å². The van der Waals surface area contributed by atoms with Gasteiger partial charge >= 0.3 is 0 Å². The van der Waals surface area contributed by atoms with Crippen molar-refractivity contribution >= 4 is 34.9 Å². The molecule has 2 fully saturated rings.